The lowest BCUT2D eigenvalue weighted by molar-refractivity contribution is -0.183. The normalized spacial score (nSPS) is 30.0. The number of hydrogen-bond acceptors (Lipinski definition) is 5. The summed E-state index contributed by atoms with van der Waals surface area (Å²) in [6.45, 7) is 0.654. The molecule has 148 valence electrons. The summed E-state index contributed by atoms with van der Waals surface area (Å²) in [6, 6.07) is 0.886. The Morgan fingerprint density at radius 3 is 2.96 bits per heavy atom. The number of fused-ring (bicyclic) bond motifs is 2. The van der Waals surface area contributed by atoms with E-state index in [-0.39, 0.29) is 22.0 Å². The predicted octanol–water partition coefficient (Wildman–Crippen LogP) is 4.09. The van der Waals surface area contributed by atoms with E-state index in [4.69, 9.17) is 16.3 Å². The molecule has 0 unspecified atom stereocenters. The SMILES string of the molecule is C[C@H]1C[C@@]2(C[C@@H](c3cn(CC(F)F)nn3)N1)OCC(F)(F)c1cc(Cl)sc12. The molecule has 1 spiro atoms. The highest BCUT2D eigenvalue weighted by molar-refractivity contribution is 7.16. The van der Waals surface area contributed by atoms with Crippen molar-refractivity contribution >= 4 is 22.9 Å². The van der Waals surface area contributed by atoms with Crippen LogP contribution in [0.4, 0.5) is 17.6 Å². The second kappa shape index (κ2) is 6.68. The zero-order valence-corrected chi connectivity index (χ0v) is 15.8. The number of ether oxygens (including phenoxy) is 1. The summed E-state index contributed by atoms with van der Waals surface area (Å²) < 4.78 is 60.8. The van der Waals surface area contributed by atoms with E-state index < -0.39 is 31.1 Å². The maximum atomic E-state index is 14.3. The van der Waals surface area contributed by atoms with Gasteiger partial charge in [0.05, 0.1) is 22.3 Å². The van der Waals surface area contributed by atoms with Crippen LogP contribution in [0.5, 0.6) is 0 Å². The van der Waals surface area contributed by atoms with Gasteiger partial charge in [-0.2, -0.15) is 8.78 Å². The van der Waals surface area contributed by atoms with E-state index in [0.29, 0.717) is 23.4 Å². The number of hydrogen-bond donors (Lipinski definition) is 1. The van der Waals surface area contributed by atoms with Crippen molar-refractivity contribution in [1.29, 1.82) is 0 Å². The number of piperidine rings is 1. The molecule has 2 aliphatic rings. The Bertz CT molecular complexity index is 844. The Morgan fingerprint density at radius 1 is 1.44 bits per heavy atom. The fourth-order valence-electron chi connectivity index (χ4n) is 3.91. The van der Waals surface area contributed by atoms with Crippen LogP contribution in [0.1, 0.15) is 41.9 Å². The number of nitrogens with one attached hydrogen (secondary N) is 1. The Morgan fingerprint density at radius 2 is 2.22 bits per heavy atom. The third kappa shape index (κ3) is 3.48. The molecule has 0 saturated carbocycles. The van der Waals surface area contributed by atoms with Crippen molar-refractivity contribution in [3.63, 3.8) is 0 Å². The van der Waals surface area contributed by atoms with Gasteiger partial charge in [-0.15, -0.1) is 16.4 Å². The van der Waals surface area contributed by atoms with Gasteiger partial charge in [0.2, 0.25) is 0 Å². The first-order chi connectivity index (χ1) is 12.7. The Hall–Kier alpha value is -1.23. The van der Waals surface area contributed by atoms with Crippen LogP contribution in [0.2, 0.25) is 4.34 Å². The highest BCUT2D eigenvalue weighted by Crippen LogP contribution is 2.54. The summed E-state index contributed by atoms with van der Waals surface area (Å²) in [5.41, 5.74) is -0.527. The molecule has 0 aliphatic carbocycles. The van der Waals surface area contributed by atoms with Crippen LogP contribution < -0.4 is 5.32 Å². The van der Waals surface area contributed by atoms with Gasteiger partial charge in [-0.05, 0) is 19.4 Å². The predicted molar refractivity (Wildman–Crippen MR) is 91.5 cm³/mol. The monoisotopic (exact) mass is 424 g/mol. The quantitative estimate of drug-likeness (QED) is 0.754. The fourth-order valence-corrected chi connectivity index (χ4v) is 5.35. The molecule has 2 aromatic rings. The van der Waals surface area contributed by atoms with Crippen molar-refractivity contribution in [2.75, 3.05) is 6.61 Å². The first kappa shape index (κ1) is 19.1. The molecule has 0 bridgehead atoms. The number of rotatable bonds is 3. The lowest BCUT2D eigenvalue weighted by atomic mass is 9.78. The van der Waals surface area contributed by atoms with Gasteiger partial charge >= 0.3 is 0 Å². The second-order valence-electron chi connectivity index (χ2n) is 7.07. The molecule has 1 saturated heterocycles. The Balaban J connectivity index is 1.67. The summed E-state index contributed by atoms with van der Waals surface area (Å²) in [7, 11) is 0. The minimum atomic E-state index is -3.09. The van der Waals surface area contributed by atoms with Crippen molar-refractivity contribution in [3.05, 3.63) is 32.7 Å². The summed E-state index contributed by atoms with van der Waals surface area (Å²) in [5, 5.41) is 11.0. The number of nitrogens with zero attached hydrogens (tertiary/aromatic N) is 3. The van der Waals surface area contributed by atoms with E-state index in [2.05, 4.69) is 15.6 Å². The molecule has 2 aliphatic heterocycles. The van der Waals surface area contributed by atoms with E-state index in [9.17, 15) is 17.6 Å². The molecule has 0 radical (unpaired) electrons. The molecule has 4 heterocycles. The first-order valence-corrected chi connectivity index (χ1v) is 9.64. The average molecular weight is 425 g/mol. The van der Waals surface area contributed by atoms with Crippen molar-refractivity contribution in [2.45, 2.75) is 56.3 Å². The van der Waals surface area contributed by atoms with Gasteiger partial charge in [-0.1, -0.05) is 16.8 Å². The van der Waals surface area contributed by atoms with E-state index in [1.165, 1.54) is 12.3 Å². The number of alkyl halides is 4. The van der Waals surface area contributed by atoms with Crippen molar-refractivity contribution in [1.82, 2.24) is 20.3 Å². The molecule has 0 amide bonds. The molecule has 0 aromatic carbocycles. The number of thiophene rings is 1. The minimum absolute atomic E-state index is 0.0653. The average Bonchev–Trinajstić information content (AvgIpc) is 3.18. The van der Waals surface area contributed by atoms with Crippen LogP contribution in [-0.2, 0) is 22.8 Å². The molecule has 3 atom stereocenters. The molecule has 27 heavy (non-hydrogen) atoms. The maximum absolute atomic E-state index is 14.3. The Labute approximate surface area is 161 Å². The highest BCUT2D eigenvalue weighted by atomic mass is 35.5. The van der Waals surface area contributed by atoms with Gasteiger partial charge < -0.3 is 10.1 Å². The van der Waals surface area contributed by atoms with Crippen LogP contribution in [0.3, 0.4) is 0 Å². The molecule has 1 N–H and O–H groups in total. The molecule has 1 fully saturated rings. The summed E-state index contributed by atoms with van der Waals surface area (Å²) in [6.07, 6.45) is -0.252. The summed E-state index contributed by atoms with van der Waals surface area (Å²) >= 11 is 7.14. The largest absolute Gasteiger partial charge is 0.363 e. The van der Waals surface area contributed by atoms with Gasteiger partial charge in [0, 0.05) is 22.9 Å². The summed E-state index contributed by atoms with van der Waals surface area (Å²) in [5.74, 6) is -3.09. The van der Waals surface area contributed by atoms with E-state index in [1.54, 1.807) is 0 Å². The van der Waals surface area contributed by atoms with Crippen LogP contribution in [0, 0.1) is 0 Å². The molecular formula is C16H17ClF4N4OS. The molecular weight excluding hydrogens is 408 g/mol. The van der Waals surface area contributed by atoms with Crippen LogP contribution in [0.25, 0.3) is 0 Å². The number of halogens is 5. The third-order valence-electron chi connectivity index (χ3n) is 4.93. The van der Waals surface area contributed by atoms with Crippen molar-refractivity contribution in [2.24, 2.45) is 0 Å². The van der Waals surface area contributed by atoms with Crippen LogP contribution in [0.15, 0.2) is 12.3 Å². The third-order valence-corrected chi connectivity index (χ3v) is 6.38. The lowest BCUT2D eigenvalue weighted by Crippen LogP contribution is -2.51. The molecule has 11 heteroatoms. The topological polar surface area (TPSA) is 52.0 Å². The fraction of sp³-hybridized carbons (Fsp3) is 0.625. The van der Waals surface area contributed by atoms with Crippen molar-refractivity contribution < 1.29 is 22.3 Å². The van der Waals surface area contributed by atoms with Gasteiger partial charge in [-0.3, -0.25) is 0 Å². The van der Waals surface area contributed by atoms with Crippen LogP contribution >= 0.6 is 22.9 Å². The highest BCUT2D eigenvalue weighted by Gasteiger charge is 2.53. The van der Waals surface area contributed by atoms with Crippen molar-refractivity contribution in [3.8, 4) is 0 Å². The van der Waals surface area contributed by atoms with Crippen LogP contribution in [-0.4, -0.2) is 34.1 Å². The summed E-state index contributed by atoms with van der Waals surface area (Å²) in [4.78, 5) is 0.432. The van der Waals surface area contributed by atoms with Gasteiger partial charge in [-0.25, -0.2) is 13.5 Å². The smallest absolute Gasteiger partial charge is 0.297 e. The first-order valence-electron chi connectivity index (χ1n) is 8.45. The minimum Gasteiger partial charge on any atom is -0.363 e. The Kier molecular flexibility index (Phi) is 4.73. The molecule has 4 rings (SSSR count). The second-order valence-corrected chi connectivity index (χ2v) is 8.75. The maximum Gasteiger partial charge on any atom is 0.297 e. The standard InChI is InChI=1S/C16H17ClF4N4OS/c1-8-3-15(14-9(2-12(17)27-14)16(20,21)7-26-15)4-10(22-8)11-5-25(24-23-11)6-13(18)19/h2,5,8,10,13,22H,3-4,6-7H2,1H3/t8-,10-,15-/m0/s1. The lowest BCUT2D eigenvalue weighted by Gasteiger charge is -2.47. The van der Waals surface area contributed by atoms with E-state index >= 15 is 0 Å². The van der Waals surface area contributed by atoms with Gasteiger partial charge in [0.25, 0.3) is 12.3 Å². The van der Waals surface area contributed by atoms with Gasteiger partial charge in [0.15, 0.2) is 0 Å². The van der Waals surface area contributed by atoms with E-state index in [1.807, 2.05) is 6.92 Å². The zero-order valence-electron chi connectivity index (χ0n) is 14.3. The van der Waals surface area contributed by atoms with E-state index in [0.717, 1.165) is 16.0 Å². The zero-order chi connectivity index (χ0) is 19.4. The molecule has 2 aromatic heterocycles. The number of aromatic nitrogens is 3. The molecule has 5 nitrogen and oxygen atoms in total. The van der Waals surface area contributed by atoms with Gasteiger partial charge in [0.1, 0.15) is 18.8 Å².